The van der Waals surface area contributed by atoms with E-state index in [9.17, 15) is 0 Å². The third-order valence-corrected chi connectivity index (χ3v) is 4.53. The highest BCUT2D eigenvalue weighted by Crippen LogP contribution is 2.25. The molecular weight excluding hydrogens is 280 g/mol. The molecular formula is C21H18N2. The van der Waals surface area contributed by atoms with Gasteiger partial charge in [0.25, 0.3) is 0 Å². The van der Waals surface area contributed by atoms with E-state index in [0.717, 1.165) is 5.52 Å². The number of nitrogens with one attached hydrogen (secondary N) is 1. The fourth-order valence-corrected chi connectivity index (χ4v) is 3.04. The largest absolute Gasteiger partial charge is 0.361 e. The molecule has 0 aliphatic heterocycles. The van der Waals surface area contributed by atoms with E-state index in [-0.39, 0.29) is 0 Å². The summed E-state index contributed by atoms with van der Waals surface area (Å²) in [5.41, 5.74) is 7.19. The van der Waals surface area contributed by atoms with E-state index in [2.05, 4.69) is 78.6 Å². The Morgan fingerprint density at radius 2 is 1.70 bits per heavy atom. The molecule has 4 aromatic rings. The van der Waals surface area contributed by atoms with Crippen molar-refractivity contribution in [1.82, 2.24) is 9.97 Å². The molecule has 0 amide bonds. The van der Waals surface area contributed by atoms with E-state index in [0.29, 0.717) is 0 Å². The number of para-hydroxylation sites is 1. The van der Waals surface area contributed by atoms with E-state index in [1.165, 1.54) is 38.5 Å². The Kier molecular flexibility index (Phi) is 3.23. The minimum atomic E-state index is 1.09. The molecule has 0 atom stereocenters. The summed E-state index contributed by atoms with van der Waals surface area (Å²) in [5.74, 6) is 0. The fraction of sp³-hybridized carbons (Fsp3) is 0.0952. The monoisotopic (exact) mass is 298 g/mol. The van der Waals surface area contributed by atoms with Crippen molar-refractivity contribution >= 4 is 34.0 Å². The second-order valence-electron chi connectivity index (χ2n) is 5.93. The second-order valence-corrected chi connectivity index (χ2v) is 5.93. The highest BCUT2D eigenvalue weighted by molar-refractivity contribution is 5.96. The first kappa shape index (κ1) is 13.8. The van der Waals surface area contributed by atoms with Gasteiger partial charge < -0.3 is 4.98 Å². The number of benzene rings is 2. The Morgan fingerprint density at radius 1 is 0.870 bits per heavy atom. The molecule has 0 aliphatic carbocycles. The first-order valence-corrected chi connectivity index (χ1v) is 7.83. The Balaban J connectivity index is 1.83. The molecule has 23 heavy (non-hydrogen) atoms. The van der Waals surface area contributed by atoms with Crippen LogP contribution in [0.5, 0.6) is 0 Å². The molecule has 0 spiro atoms. The zero-order chi connectivity index (χ0) is 15.8. The van der Waals surface area contributed by atoms with Gasteiger partial charge in [0.1, 0.15) is 0 Å². The molecule has 4 rings (SSSR count). The molecule has 112 valence electrons. The van der Waals surface area contributed by atoms with Crippen LogP contribution in [0.2, 0.25) is 0 Å². The molecule has 0 unspecified atom stereocenters. The van der Waals surface area contributed by atoms with Crippen LogP contribution < -0.4 is 0 Å². The molecule has 0 bridgehead atoms. The highest BCUT2D eigenvalue weighted by atomic mass is 14.7. The van der Waals surface area contributed by atoms with E-state index in [1.54, 1.807) is 0 Å². The van der Waals surface area contributed by atoms with Crippen LogP contribution in [0.15, 0.2) is 54.9 Å². The molecule has 0 saturated carbocycles. The number of rotatable bonds is 2. The van der Waals surface area contributed by atoms with Gasteiger partial charge in [-0.15, -0.1) is 0 Å². The first-order valence-electron chi connectivity index (χ1n) is 7.83. The molecule has 0 radical (unpaired) electrons. The van der Waals surface area contributed by atoms with Gasteiger partial charge >= 0.3 is 0 Å². The molecule has 2 aromatic heterocycles. The number of pyridine rings is 1. The van der Waals surface area contributed by atoms with Gasteiger partial charge in [0.2, 0.25) is 0 Å². The van der Waals surface area contributed by atoms with Crippen molar-refractivity contribution in [1.29, 1.82) is 0 Å². The van der Waals surface area contributed by atoms with Gasteiger partial charge in [0.05, 0.1) is 5.52 Å². The Bertz CT molecular complexity index is 1040. The van der Waals surface area contributed by atoms with Gasteiger partial charge in [-0.1, -0.05) is 42.5 Å². The molecule has 2 heterocycles. The average molecular weight is 298 g/mol. The van der Waals surface area contributed by atoms with Crippen LogP contribution in [0.3, 0.4) is 0 Å². The third kappa shape index (κ3) is 2.33. The van der Waals surface area contributed by atoms with Crippen LogP contribution in [-0.4, -0.2) is 9.97 Å². The van der Waals surface area contributed by atoms with Crippen molar-refractivity contribution in [2.24, 2.45) is 0 Å². The molecule has 2 heteroatoms. The SMILES string of the molecule is Cc1ccc2c(/C=C/c3c[nH]c4ccccc34)ccnc2c1C. The number of fused-ring (bicyclic) bond motifs is 2. The normalized spacial score (nSPS) is 11.7. The highest BCUT2D eigenvalue weighted by Gasteiger charge is 2.05. The van der Waals surface area contributed by atoms with E-state index in [1.807, 2.05) is 12.3 Å². The number of aromatic amines is 1. The number of H-pyrrole nitrogens is 1. The zero-order valence-electron chi connectivity index (χ0n) is 13.3. The smallest absolute Gasteiger partial charge is 0.0739 e. The predicted molar refractivity (Wildman–Crippen MR) is 98.4 cm³/mol. The summed E-state index contributed by atoms with van der Waals surface area (Å²) >= 11 is 0. The fourth-order valence-electron chi connectivity index (χ4n) is 3.04. The van der Waals surface area contributed by atoms with E-state index in [4.69, 9.17) is 0 Å². The summed E-state index contributed by atoms with van der Waals surface area (Å²) in [6.45, 7) is 4.27. The number of aromatic nitrogens is 2. The van der Waals surface area contributed by atoms with Gasteiger partial charge in [0, 0.05) is 28.7 Å². The standard InChI is InChI=1S/C21H18N2/c1-14-7-10-19-16(11-12-22-21(19)15(14)2)8-9-17-13-23-20-6-4-3-5-18(17)20/h3-13,23H,1-2H3/b9-8+. The van der Waals surface area contributed by atoms with Gasteiger partial charge in [-0.25, -0.2) is 0 Å². The second kappa shape index (κ2) is 5.40. The molecule has 1 N–H and O–H groups in total. The number of aryl methyl sites for hydroxylation is 2. The van der Waals surface area contributed by atoms with Gasteiger partial charge in [-0.05, 0) is 48.2 Å². The molecule has 0 aliphatic rings. The van der Waals surface area contributed by atoms with Crippen LogP contribution in [-0.2, 0) is 0 Å². The number of nitrogens with zero attached hydrogens (tertiary/aromatic N) is 1. The summed E-state index contributed by atoms with van der Waals surface area (Å²) in [6.07, 6.45) is 8.29. The van der Waals surface area contributed by atoms with Crippen LogP contribution in [0.1, 0.15) is 22.3 Å². The van der Waals surface area contributed by atoms with E-state index < -0.39 is 0 Å². The lowest BCUT2D eigenvalue weighted by molar-refractivity contribution is 1.31. The maximum atomic E-state index is 4.56. The van der Waals surface area contributed by atoms with Crippen molar-refractivity contribution in [3.05, 3.63) is 77.1 Å². The van der Waals surface area contributed by atoms with Gasteiger partial charge in [-0.3, -0.25) is 4.98 Å². The van der Waals surface area contributed by atoms with Crippen LogP contribution in [0.25, 0.3) is 34.0 Å². The first-order chi connectivity index (χ1) is 11.2. The summed E-state index contributed by atoms with van der Waals surface area (Å²) in [5, 5.41) is 2.45. The van der Waals surface area contributed by atoms with Crippen molar-refractivity contribution < 1.29 is 0 Å². The minimum Gasteiger partial charge on any atom is -0.361 e. The molecule has 2 nitrogen and oxygen atoms in total. The van der Waals surface area contributed by atoms with E-state index >= 15 is 0 Å². The Morgan fingerprint density at radius 3 is 2.61 bits per heavy atom. The summed E-state index contributed by atoms with van der Waals surface area (Å²) in [4.78, 5) is 7.87. The minimum absolute atomic E-state index is 1.09. The van der Waals surface area contributed by atoms with Crippen molar-refractivity contribution in [2.75, 3.05) is 0 Å². The average Bonchev–Trinajstić information content (AvgIpc) is 3.00. The van der Waals surface area contributed by atoms with Crippen molar-refractivity contribution in [3.8, 4) is 0 Å². The van der Waals surface area contributed by atoms with Crippen molar-refractivity contribution in [3.63, 3.8) is 0 Å². The Labute approximate surface area is 135 Å². The van der Waals surface area contributed by atoms with Gasteiger partial charge in [-0.2, -0.15) is 0 Å². The number of hydrogen-bond donors (Lipinski definition) is 1. The lowest BCUT2D eigenvalue weighted by atomic mass is 10.0. The summed E-state index contributed by atoms with van der Waals surface area (Å²) < 4.78 is 0. The quantitative estimate of drug-likeness (QED) is 0.520. The zero-order valence-corrected chi connectivity index (χ0v) is 13.3. The summed E-state index contributed by atoms with van der Waals surface area (Å²) in [7, 11) is 0. The molecule has 0 fully saturated rings. The maximum Gasteiger partial charge on any atom is 0.0739 e. The van der Waals surface area contributed by atoms with Crippen LogP contribution >= 0.6 is 0 Å². The molecule has 0 saturated heterocycles. The topological polar surface area (TPSA) is 28.7 Å². The number of hydrogen-bond acceptors (Lipinski definition) is 1. The van der Waals surface area contributed by atoms with Gasteiger partial charge in [0.15, 0.2) is 0 Å². The predicted octanol–water partition coefficient (Wildman–Crippen LogP) is 5.50. The third-order valence-electron chi connectivity index (χ3n) is 4.53. The molecule has 2 aromatic carbocycles. The van der Waals surface area contributed by atoms with Crippen molar-refractivity contribution in [2.45, 2.75) is 13.8 Å². The lowest BCUT2D eigenvalue weighted by Crippen LogP contribution is -1.89. The van der Waals surface area contributed by atoms with Crippen LogP contribution in [0, 0.1) is 13.8 Å². The Hall–Kier alpha value is -2.87. The summed E-state index contributed by atoms with van der Waals surface area (Å²) in [6, 6.07) is 14.8. The lowest BCUT2D eigenvalue weighted by Gasteiger charge is -2.07. The van der Waals surface area contributed by atoms with Crippen LogP contribution in [0.4, 0.5) is 0 Å². The maximum absolute atomic E-state index is 4.56.